The average Bonchev–Trinajstić information content (AvgIpc) is 3.38. The average molecular weight is 386 g/mol. The van der Waals surface area contributed by atoms with Crippen LogP contribution in [0.4, 0.5) is 0 Å². The standard InChI is InChI=1S/C22H18N4O3/c27-22(16-8-9-18-19(13-16)29-14-28-18)24-11-12-26-20(15-5-2-1-3-6-15)25-17-7-4-10-23-21(17)26/h1-10,13H,11-12,14H2,(H,24,27). The first kappa shape index (κ1) is 17.2. The van der Waals surface area contributed by atoms with Gasteiger partial charge in [0.1, 0.15) is 11.3 Å². The van der Waals surface area contributed by atoms with E-state index in [1.54, 1.807) is 24.4 Å². The van der Waals surface area contributed by atoms with Gasteiger partial charge in [0.05, 0.1) is 0 Å². The van der Waals surface area contributed by atoms with Gasteiger partial charge in [-0.05, 0) is 30.3 Å². The molecule has 4 aromatic rings. The van der Waals surface area contributed by atoms with Gasteiger partial charge in [-0.2, -0.15) is 0 Å². The first-order valence-corrected chi connectivity index (χ1v) is 9.34. The molecule has 0 saturated carbocycles. The van der Waals surface area contributed by atoms with Gasteiger partial charge < -0.3 is 19.4 Å². The highest BCUT2D eigenvalue weighted by Gasteiger charge is 2.17. The van der Waals surface area contributed by atoms with Crippen LogP contribution >= 0.6 is 0 Å². The lowest BCUT2D eigenvalue weighted by molar-refractivity contribution is 0.0952. The molecular weight excluding hydrogens is 368 g/mol. The van der Waals surface area contributed by atoms with Crippen LogP contribution in [0.3, 0.4) is 0 Å². The third kappa shape index (κ3) is 3.27. The highest BCUT2D eigenvalue weighted by atomic mass is 16.7. The number of hydrogen-bond donors (Lipinski definition) is 1. The van der Waals surface area contributed by atoms with Crippen LogP contribution in [-0.2, 0) is 6.54 Å². The Bertz CT molecular complexity index is 1190. The largest absolute Gasteiger partial charge is 0.454 e. The summed E-state index contributed by atoms with van der Waals surface area (Å²) in [4.78, 5) is 21.8. The highest BCUT2D eigenvalue weighted by molar-refractivity contribution is 5.94. The summed E-state index contributed by atoms with van der Waals surface area (Å²) in [5.41, 5.74) is 3.16. The van der Waals surface area contributed by atoms with Crippen LogP contribution in [0.1, 0.15) is 10.4 Å². The molecule has 0 fully saturated rings. The normalized spacial score (nSPS) is 12.3. The number of nitrogens with one attached hydrogen (secondary N) is 1. The topological polar surface area (TPSA) is 78.3 Å². The monoisotopic (exact) mass is 386 g/mol. The molecule has 0 aliphatic carbocycles. The molecule has 0 unspecified atom stereocenters. The van der Waals surface area contributed by atoms with Gasteiger partial charge >= 0.3 is 0 Å². The molecule has 1 N–H and O–H groups in total. The van der Waals surface area contributed by atoms with Gasteiger partial charge in [-0.1, -0.05) is 30.3 Å². The van der Waals surface area contributed by atoms with Crippen molar-refractivity contribution in [2.24, 2.45) is 0 Å². The quantitative estimate of drug-likeness (QED) is 0.570. The lowest BCUT2D eigenvalue weighted by Gasteiger charge is -2.10. The van der Waals surface area contributed by atoms with Crippen molar-refractivity contribution in [3.8, 4) is 22.9 Å². The van der Waals surface area contributed by atoms with Crippen LogP contribution in [0.2, 0.25) is 0 Å². The molecule has 144 valence electrons. The van der Waals surface area contributed by atoms with E-state index in [0.29, 0.717) is 30.2 Å². The maximum absolute atomic E-state index is 12.5. The van der Waals surface area contributed by atoms with E-state index >= 15 is 0 Å². The number of nitrogens with zero attached hydrogens (tertiary/aromatic N) is 3. The Labute approximate surface area is 166 Å². The molecule has 0 radical (unpaired) electrons. The predicted octanol–water partition coefficient (Wildman–Crippen LogP) is 3.26. The van der Waals surface area contributed by atoms with E-state index in [-0.39, 0.29) is 12.7 Å². The van der Waals surface area contributed by atoms with Gasteiger partial charge in [-0.3, -0.25) is 4.79 Å². The van der Waals surface area contributed by atoms with Crippen molar-refractivity contribution in [1.29, 1.82) is 0 Å². The molecule has 0 saturated heterocycles. The van der Waals surface area contributed by atoms with Crippen LogP contribution in [-0.4, -0.2) is 33.8 Å². The molecule has 5 rings (SSSR count). The summed E-state index contributed by atoms with van der Waals surface area (Å²) in [7, 11) is 0. The lowest BCUT2D eigenvalue weighted by atomic mass is 10.2. The number of amides is 1. The zero-order valence-electron chi connectivity index (χ0n) is 15.5. The van der Waals surface area contributed by atoms with Crippen molar-refractivity contribution in [2.75, 3.05) is 13.3 Å². The molecule has 1 aliphatic rings. The fourth-order valence-corrected chi connectivity index (χ4v) is 3.40. The number of benzene rings is 2. The third-order valence-electron chi connectivity index (χ3n) is 4.79. The van der Waals surface area contributed by atoms with E-state index in [4.69, 9.17) is 14.5 Å². The van der Waals surface area contributed by atoms with Gasteiger partial charge in [0.15, 0.2) is 17.1 Å². The summed E-state index contributed by atoms with van der Waals surface area (Å²) in [5, 5.41) is 2.96. The van der Waals surface area contributed by atoms with Crippen molar-refractivity contribution in [2.45, 2.75) is 6.54 Å². The van der Waals surface area contributed by atoms with E-state index in [9.17, 15) is 4.79 Å². The Hall–Kier alpha value is -3.87. The second-order valence-electron chi connectivity index (χ2n) is 6.62. The number of aromatic nitrogens is 3. The second kappa shape index (κ2) is 7.27. The number of carbonyl (C=O) groups excluding carboxylic acids is 1. The number of imidazole rings is 1. The summed E-state index contributed by atoms with van der Waals surface area (Å²) < 4.78 is 12.7. The second-order valence-corrected chi connectivity index (χ2v) is 6.62. The fraction of sp³-hybridized carbons (Fsp3) is 0.136. The van der Waals surface area contributed by atoms with E-state index in [1.807, 2.05) is 47.0 Å². The van der Waals surface area contributed by atoms with Gasteiger partial charge in [0.2, 0.25) is 6.79 Å². The van der Waals surface area contributed by atoms with Crippen LogP contribution in [0.5, 0.6) is 11.5 Å². The van der Waals surface area contributed by atoms with Gasteiger partial charge in [0, 0.05) is 30.4 Å². The van der Waals surface area contributed by atoms with Gasteiger partial charge in [-0.25, -0.2) is 9.97 Å². The minimum absolute atomic E-state index is 0.165. The molecule has 7 heteroatoms. The van der Waals surface area contributed by atoms with E-state index in [0.717, 1.165) is 22.6 Å². The maximum Gasteiger partial charge on any atom is 0.251 e. The Kier molecular flexibility index (Phi) is 4.32. The summed E-state index contributed by atoms with van der Waals surface area (Å²) >= 11 is 0. The number of rotatable bonds is 5. The van der Waals surface area contributed by atoms with Crippen LogP contribution in [0.15, 0.2) is 66.9 Å². The van der Waals surface area contributed by atoms with E-state index < -0.39 is 0 Å². The first-order valence-electron chi connectivity index (χ1n) is 9.34. The number of ether oxygens (including phenoxy) is 2. The number of carbonyl (C=O) groups is 1. The molecule has 1 aliphatic heterocycles. The van der Waals surface area contributed by atoms with Crippen molar-refractivity contribution in [3.63, 3.8) is 0 Å². The summed E-state index contributed by atoms with van der Waals surface area (Å²) in [5.74, 6) is 1.91. The fourth-order valence-electron chi connectivity index (χ4n) is 3.40. The molecule has 0 atom stereocenters. The minimum Gasteiger partial charge on any atom is -0.454 e. The van der Waals surface area contributed by atoms with Crippen molar-refractivity contribution >= 4 is 17.1 Å². The number of hydrogen-bond acceptors (Lipinski definition) is 5. The molecule has 0 spiro atoms. The van der Waals surface area contributed by atoms with Crippen molar-refractivity contribution in [3.05, 3.63) is 72.4 Å². The minimum atomic E-state index is -0.165. The van der Waals surface area contributed by atoms with Crippen molar-refractivity contribution in [1.82, 2.24) is 19.9 Å². The van der Waals surface area contributed by atoms with Gasteiger partial charge in [0.25, 0.3) is 5.91 Å². The molecule has 29 heavy (non-hydrogen) atoms. The summed E-state index contributed by atoms with van der Waals surface area (Å²) in [6.45, 7) is 1.17. The molecule has 3 heterocycles. The van der Waals surface area contributed by atoms with Gasteiger partial charge in [-0.15, -0.1) is 0 Å². The Balaban J connectivity index is 1.36. The smallest absolute Gasteiger partial charge is 0.251 e. The SMILES string of the molecule is O=C(NCCn1c(-c2ccccc2)nc2cccnc21)c1ccc2c(c1)OCO2. The Morgan fingerprint density at radius 3 is 2.79 bits per heavy atom. The molecule has 7 nitrogen and oxygen atoms in total. The summed E-state index contributed by atoms with van der Waals surface area (Å²) in [6.07, 6.45) is 1.75. The molecular formula is C22H18N4O3. The van der Waals surface area contributed by atoms with Crippen LogP contribution in [0, 0.1) is 0 Å². The highest BCUT2D eigenvalue weighted by Crippen LogP contribution is 2.32. The van der Waals surface area contributed by atoms with Crippen LogP contribution in [0.25, 0.3) is 22.6 Å². The zero-order valence-corrected chi connectivity index (χ0v) is 15.5. The van der Waals surface area contributed by atoms with E-state index in [2.05, 4.69) is 10.3 Å². The van der Waals surface area contributed by atoms with Crippen molar-refractivity contribution < 1.29 is 14.3 Å². The predicted molar refractivity (Wildman–Crippen MR) is 108 cm³/mol. The molecule has 0 bridgehead atoms. The number of pyridine rings is 1. The van der Waals surface area contributed by atoms with Crippen LogP contribution < -0.4 is 14.8 Å². The number of fused-ring (bicyclic) bond motifs is 2. The Morgan fingerprint density at radius 2 is 1.90 bits per heavy atom. The zero-order chi connectivity index (χ0) is 19.6. The molecule has 2 aromatic carbocycles. The maximum atomic E-state index is 12.5. The molecule has 2 aromatic heterocycles. The molecule has 1 amide bonds. The lowest BCUT2D eigenvalue weighted by Crippen LogP contribution is -2.27. The Morgan fingerprint density at radius 1 is 1.03 bits per heavy atom. The van der Waals surface area contributed by atoms with E-state index in [1.165, 1.54) is 0 Å². The summed E-state index contributed by atoms with van der Waals surface area (Å²) in [6, 6.07) is 19.0. The first-order chi connectivity index (χ1) is 14.3. The third-order valence-corrected chi connectivity index (χ3v) is 4.79.